The van der Waals surface area contributed by atoms with E-state index in [0.717, 1.165) is 26.5 Å². The predicted octanol–water partition coefficient (Wildman–Crippen LogP) is -1.21. The lowest BCUT2D eigenvalue weighted by atomic mass is 9.95. The van der Waals surface area contributed by atoms with Gasteiger partial charge < -0.3 is 98.6 Å². The average Bonchev–Trinajstić information content (AvgIpc) is 1.69. The standard InChI is InChI=1S/C77H111ClN18O19S2/c1-12-42(8)65(75(114)91-50(20-39(2)3)66(105)82-32-63(102)81-31-62(101)77(10,11)95-57(34-97)41(6)7)94-72(111)55(26-47-30-80-38-84-47)88-73(112)58-35-116-117-36-59(93-70(109)54(25-46-29-79-37-83-46)87-68(107)52(85-43(9)98)23-44-16-14-13-15-17-44)76(115)96-33-48(99)27-60(96)74(113)90-53(24-45-18-19-61(100)49(78)22-45)69(108)89-56(28-64(103)104)71(110)86-51(21-40(4)5)67(106)92-58/h13-19,22,29-30,34,37-42,48,50-60,65-66,82,95,99-100,105H,12,20-21,23-28,31-33,35-36H2,1-11H3,(H,79,83)(H,80,84)(H,81,102)(H,85,98)(H,86,110)(H,87,107)(H,88,112)(H,89,108)(H,90,113)(H,91,114)(H,92,106)(H,93,109)(H,94,111)(H,103,104)/t42?,48?,50-,51-,52-,53-,54-,55-,56-,57-,58-,59-,60?,65-,66-/m0/s1. The van der Waals surface area contributed by atoms with Gasteiger partial charge >= 0.3 is 5.97 Å². The maximum atomic E-state index is 15.5. The van der Waals surface area contributed by atoms with Gasteiger partial charge in [0.2, 0.25) is 70.9 Å². The number of rotatable bonds is 38. The summed E-state index contributed by atoms with van der Waals surface area (Å²) in [5.41, 5.74) is 0.265. The number of nitrogens with zero attached hydrogens (tertiary/aromatic N) is 3. The molecule has 2 fully saturated rings. The molecule has 15 atom stereocenters. The number of nitrogens with one attached hydrogen (secondary N) is 15. The van der Waals surface area contributed by atoms with Crippen LogP contribution in [0.4, 0.5) is 0 Å². The second kappa shape index (κ2) is 46.2. The van der Waals surface area contributed by atoms with Crippen LogP contribution in [-0.2, 0) is 97.6 Å². The molecule has 2 saturated heterocycles. The van der Waals surface area contributed by atoms with Gasteiger partial charge in [-0.3, -0.25) is 77.8 Å². The van der Waals surface area contributed by atoms with Gasteiger partial charge in [-0.2, -0.15) is 0 Å². The van der Waals surface area contributed by atoms with Gasteiger partial charge in [0, 0.05) is 80.9 Å². The molecule has 642 valence electrons. The summed E-state index contributed by atoms with van der Waals surface area (Å²) in [5.74, 6) is -16.1. The number of aromatic amines is 2. The fraction of sp³-hybridized carbons (Fsp3) is 0.571. The van der Waals surface area contributed by atoms with Crippen LogP contribution in [0.1, 0.15) is 131 Å². The average molecular weight is 1690 g/mol. The molecule has 0 bridgehead atoms. The van der Waals surface area contributed by atoms with E-state index in [-0.39, 0.29) is 72.4 Å². The van der Waals surface area contributed by atoms with Crippen LogP contribution in [-0.4, -0.2) is 256 Å². The van der Waals surface area contributed by atoms with Crippen LogP contribution in [0, 0.1) is 23.7 Å². The number of H-pyrrole nitrogens is 2. The number of carbonyl (C=O) groups excluding carboxylic acids is 14. The van der Waals surface area contributed by atoms with Crippen molar-refractivity contribution in [1.82, 2.24) is 94.0 Å². The Balaban J connectivity index is 1.38. The Morgan fingerprint density at radius 3 is 1.88 bits per heavy atom. The number of carboxylic acid groups (broad SMARTS) is 1. The van der Waals surface area contributed by atoms with E-state index >= 15 is 24.0 Å². The van der Waals surface area contributed by atoms with Crippen molar-refractivity contribution in [1.29, 1.82) is 0 Å². The van der Waals surface area contributed by atoms with Crippen LogP contribution >= 0.6 is 33.2 Å². The molecule has 6 rings (SSSR count). The van der Waals surface area contributed by atoms with Gasteiger partial charge in [0.25, 0.3) is 0 Å². The van der Waals surface area contributed by atoms with Gasteiger partial charge in [0.15, 0.2) is 5.78 Å². The summed E-state index contributed by atoms with van der Waals surface area (Å²) >= 11 is 6.29. The number of aliphatic carboxylic acids is 1. The lowest BCUT2D eigenvalue weighted by molar-refractivity contribution is -0.142. The molecule has 0 radical (unpaired) electrons. The number of halogens is 1. The number of aliphatic hydroxyl groups excluding tert-OH is 2. The minimum atomic E-state index is -2.00. The highest BCUT2D eigenvalue weighted by atomic mass is 35.5. The molecule has 4 heterocycles. The Morgan fingerprint density at radius 1 is 0.701 bits per heavy atom. The zero-order chi connectivity index (χ0) is 86.5. The molecule has 2 aromatic heterocycles. The van der Waals surface area contributed by atoms with E-state index in [1.54, 1.807) is 71.9 Å². The highest BCUT2D eigenvalue weighted by Gasteiger charge is 2.45. The molecule has 2 aliphatic heterocycles. The molecule has 19 N–H and O–H groups in total. The number of phenolic OH excluding ortho intramolecular Hbond substituents is 1. The van der Waals surface area contributed by atoms with Crippen LogP contribution in [0.2, 0.25) is 5.02 Å². The number of aldehydes is 1. The Bertz CT molecular complexity index is 4070. The second-order valence-electron chi connectivity index (χ2n) is 30.9. The molecule has 0 spiro atoms. The molecule has 2 aromatic carbocycles. The van der Waals surface area contributed by atoms with Crippen LogP contribution in [0.5, 0.6) is 5.75 Å². The van der Waals surface area contributed by atoms with Gasteiger partial charge in [-0.15, -0.1) is 0 Å². The number of ketones is 1. The quantitative estimate of drug-likeness (QED) is 0.0142. The van der Waals surface area contributed by atoms with Crippen molar-refractivity contribution < 1.29 is 92.3 Å². The zero-order valence-corrected chi connectivity index (χ0v) is 69.6. The van der Waals surface area contributed by atoms with Gasteiger partial charge in [-0.25, -0.2) is 9.97 Å². The SMILES string of the molecule is CCC(C)[C@H](NC(=O)[C@H](Cc1cnc[nH]1)NC(=O)[C@@H]1CSSC[C@H](NC(=O)[C@H](Cc2cnc[nH]2)NC(=O)[C@H](Cc2ccccc2)NC(C)=O)C(=O)N2CC(O)CC2C(=O)N[C@@H](Cc2ccc(O)c(Cl)c2)C(=O)N[C@@H](CC(=O)O)C(=O)N[C@@H](CC(C)C)C(=O)N1)C(=O)N[C@@H](CC(C)C)[C@H](O)NCC(=O)NCC(=O)C(C)(C)N[C@@H](C=O)C(C)C. The number of amides is 12. The molecule has 37 nitrogen and oxygen atoms in total. The zero-order valence-electron chi connectivity index (χ0n) is 67.2. The number of carboxylic acids is 1. The first-order valence-corrected chi connectivity index (χ1v) is 41.5. The largest absolute Gasteiger partial charge is 0.506 e. The topological polar surface area (TPSA) is 554 Å². The third kappa shape index (κ3) is 30.7. The van der Waals surface area contributed by atoms with Gasteiger partial charge in [-0.1, -0.05) is 131 Å². The smallest absolute Gasteiger partial charge is 0.305 e. The summed E-state index contributed by atoms with van der Waals surface area (Å²) in [4.78, 5) is 228. The van der Waals surface area contributed by atoms with Crippen molar-refractivity contribution in [3.8, 4) is 5.75 Å². The molecular formula is C77H111ClN18O19S2. The Labute approximate surface area is 690 Å². The molecule has 4 aromatic rings. The monoisotopic (exact) mass is 1690 g/mol. The van der Waals surface area contributed by atoms with Crippen molar-refractivity contribution in [2.24, 2.45) is 23.7 Å². The molecule has 12 amide bonds. The van der Waals surface area contributed by atoms with Gasteiger partial charge in [0.05, 0.1) is 60.9 Å². The summed E-state index contributed by atoms with van der Waals surface area (Å²) < 4.78 is 0. The van der Waals surface area contributed by atoms with Crippen molar-refractivity contribution in [3.63, 3.8) is 0 Å². The number of aliphatic hydroxyl groups is 2. The summed E-state index contributed by atoms with van der Waals surface area (Å²) in [7, 11) is 1.69. The van der Waals surface area contributed by atoms with E-state index in [2.05, 4.69) is 89.1 Å². The van der Waals surface area contributed by atoms with Crippen LogP contribution in [0.25, 0.3) is 0 Å². The normalized spacial score (nSPS) is 20.7. The number of hydrogen-bond donors (Lipinski definition) is 19. The van der Waals surface area contributed by atoms with E-state index in [4.69, 9.17) is 11.6 Å². The maximum Gasteiger partial charge on any atom is 0.305 e. The fourth-order valence-electron chi connectivity index (χ4n) is 12.8. The van der Waals surface area contributed by atoms with Crippen molar-refractivity contribution in [2.45, 2.75) is 224 Å². The summed E-state index contributed by atoms with van der Waals surface area (Å²) in [5, 5.41) is 78.0. The van der Waals surface area contributed by atoms with Crippen molar-refractivity contribution in [3.05, 3.63) is 101 Å². The van der Waals surface area contributed by atoms with Crippen molar-refractivity contribution in [2.75, 3.05) is 31.1 Å². The van der Waals surface area contributed by atoms with Gasteiger partial charge in [-0.05, 0) is 73.6 Å². The number of fused-ring (bicyclic) bond motifs is 1. The van der Waals surface area contributed by atoms with E-state index < -0.39 is 235 Å². The van der Waals surface area contributed by atoms with Crippen LogP contribution < -0.4 is 69.1 Å². The van der Waals surface area contributed by atoms with E-state index in [0.29, 0.717) is 17.5 Å². The lowest BCUT2D eigenvalue weighted by Gasteiger charge is -2.32. The number of imidazole rings is 2. The van der Waals surface area contributed by atoms with Crippen molar-refractivity contribution >= 4 is 122 Å². The first-order chi connectivity index (χ1) is 55.2. The van der Waals surface area contributed by atoms with E-state index in [1.165, 1.54) is 50.2 Å². The fourth-order valence-corrected chi connectivity index (χ4v) is 15.3. The molecule has 3 unspecified atom stereocenters. The number of aromatic nitrogens is 4. The first-order valence-electron chi connectivity index (χ1n) is 38.6. The summed E-state index contributed by atoms with van der Waals surface area (Å²) in [6.07, 6.45) is 0.624. The van der Waals surface area contributed by atoms with Gasteiger partial charge in [0.1, 0.15) is 78.7 Å². The minimum Gasteiger partial charge on any atom is -0.506 e. The molecule has 117 heavy (non-hydrogen) atoms. The number of Topliss-reactive ketones (excluding diaryl/α,β-unsaturated/α-hetero) is 1. The third-order valence-electron chi connectivity index (χ3n) is 19.5. The van der Waals surface area contributed by atoms with E-state index in [1.807, 2.05) is 27.7 Å². The molecule has 0 aliphatic carbocycles. The summed E-state index contributed by atoms with van der Waals surface area (Å²) in [6, 6.07) is -5.51. The highest BCUT2D eigenvalue weighted by molar-refractivity contribution is 8.76. The Kier molecular flexibility index (Phi) is 37.8. The number of phenols is 1. The maximum absolute atomic E-state index is 15.5. The van der Waals surface area contributed by atoms with Crippen LogP contribution in [0.15, 0.2) is 73.6 Å². The number of hydrogen-bond acceptors (Lipinski definition) is 24. The van der Waals surface area contributed by atoms with E-state index in [9.17, 15) is 68.4 Å². The first kappa shape index (κ1) is 95.8. The molecular weight excluding hydrogens is 1580 g/mol. The second-order valence-corrected chi connectivity index (χ2v) is 33.9. The molecule has 0 saturated carbocycles. The Morgan fingerprint density at radius 2 is 1.30 bits per heavy atom. The molecule has 2 aliphatic rings. The minimum absolute atomic E-state index is 0.0228. The Hall–Kier alpha value is -10.1. The third-order valence-corrected chi connectivity index (χ3v) is 22.3. The lowest BCUT2D eigenvalue weighted by Crippen LogP contribution is -2.62. The highest BCUT2D eigenvalue weighted by Crippen LogP contribution is 2.29. The number of carbonyl (C=O) groups is 15. The number of benzene rings is 2. The summed E-state index contributed by atoms with van der Waals surface area (Å²) in [6.45, 7) is 16.9. The van der Waals surface area contributed by atoms with Crippen LogP contribution in [0.3, 0.4) is 0 Å². The number of aromatic hydroxyl groups is 1. The molecule has 40 heteroatoms. The predicted molar refractivity (Wildman–Crippen MR) is 432 cm³/mol.